The van der Waals surface area contributed by atoms with Gasteiger partial charge in [0.1, 0.15) is 0 Å². The second kappa shape index (κ2) is 6.38. The molecule has 2 rings (SSSR count). The van der Waals surface area contributed by atoms with Gasteiger partial charge in [-0.05, 0) is 42.0 Å². The Bertz CT molecular complexity index is 567. The molecule has 0 aliphatic carbocycles. The van der Waals surface area contributed by atoms with Gasteiger partial charge in [0.15, 0.2) is 0 Å². The molecule has 0 aliphatic heterocycles. The van der Waals surface area contributed by atoms with Crippen LogP contribution in [-0.4, -0.2) is 13.1 Å². The van der Waals surface area contributed by atoms with Crippen LogP contribution in [0.15, 0.2) is 53.0 Å². The van der Waals surface area contributed by atoms with Crippen LogP contribution in [0.3, 0.4) is 0 Å². The highest BCUT2D eigenvalue weighted by Crippen LogP contribution is 2.15. The first kappa shape index (κ1) is 13.6. The Morgan fingerprint density at radius 1 is 1.21 bits per heavy atom. The first-order valence-corrected chi connectivity index (χ1v) is 6.65. The number of halogens is 1. The molecule has 0 saturated heterocycles. The summed E-state index contributed by atoms with van der Waals surface area (Å²) in [6.07, 6.45) is 0. The Hall–Kier alpha value is -1.81. The van der Waals surface area contributed by atoms with Crippen molar-refractivity contribution in [3.63, 3.8) is 0 Å². The van der Waals surface area contributed by atoms with Crippen LogP contribution in [0.2, 0.25) is 0 Å². The topological polar surface area (TPSA) is 38.3 Å². The van der Waals surface area contributed by atoms with Gasteiger partial charge in [-0.15, -0.1) is 0 Å². The van der Waals surface area contributed by atoms with E-state index >= 15 is 0 Å². The molecule has 0 spiro atoms. The van der Waals surface area contributed by atoms with E-state index in [0.29, 0.717) is 5.56 Å². The molecular formula is C15H14BrNO2. The second-order valence-electron chi connectivity index (χ2n) is 4.05. The molecule has 0 heterocycles. The summed E-state index contributed by atoms with van der Waals surface area (Å²) >= 11 is 3.44. The summed E-state index contributed by atoms with van der Waals surface area (Å²) in [6.45, 7) is 0.733. The fraction of sp³-hybridized carbons (Fsp3) is 0.133. The van der Waals surface area contributed by atoms with Crippen LogP contribution in [0, 0.1) is 0 Å². The fourth-order valence-electron chi connectivity index (χ4n) is 1.69. The molecule has 0 bridgehead atoms. The fourth-order valence-corrected chi connectivity index (χ4v) is 2.14. The molecule has 3 nitrogen and oxygen atoms in total. The van der Waals surface area contributed by atoms with Crippen LogP contribution in [0.5, 0.6) is 0 Å². The van der Waals surface area contributed by atoms with Gasteiger partial charge in [0.25, 0.3) is 0 Å². The van der Waals surface area contributed by atoms with Crippen molar-refractivity contribution in [1.82, 2.24) is 0 Å². The van der Waals surface area contributed by atoms with E-state index in [9.17, 15) is 4.79 Å². The lowest BCUT2D eigenvalue weighted by Crippen LogP contribution is -2.02. The minimum atomic E-state index is -0.321. The number of esters is 1. The summed E-state index contributed by atoms with van der Waals surface area (Å²) in [6, 6.07) is 15.3. The number of hydrogen-bond acceptors (Lipinski definition) is 3. The zero-order chi connectivity index (χ0) is 13.7. The molecule has 19 heavy (non-hydrogen) atoms. The number of nitrogens with one attached hydrogen (secondary N) is 1. The molecule has 0 amide bonds. The van der Waals surface area contributed by atoms with E-state index in [1.54, 1.807) is 12.1 Å². The van der Waals surface area contributed by atoms with Crippen molar-refractivity contribution in [2.75, 3.05) is 12.4 Å². The Morgan fingerprint density at radius 3 is 2.58 bits per heavy atom. The maximum Gasteiger partial charge on any atom is 0.337 e. The van der Waals surface area contributed by atoms with Crippen molar-refractivity contribution >= 4 is 27.6 Å². The molecule has 98 valence electrons. The summed E-state index contributed by atoms with van der Waals surface area (Å²) in [7, 11) is 1.38. The van der Waals surface area contributed by atoms with E-state index < -0.39 is 0 Å². The zero-order valence-corrected chi connectivity index (χ0v) is 12.1. The summed E-state index contributed by atoms with van der Waals surface area (Å²) in [5, 5.41) is 3.30. The predicted octanol–water partition coefficient (Wildman–Crippen LogP) is 3.85. The summed E-state index contributed by atoms with van der Waals surface area (Å²) < 4.78 is 5.72. The molecule has 0 atom stereocenters. The Kier molecular flexibility index (Phi) is 4.58. The summed E-state index contributed by atoms with van der Waals surface area (Å²) in [5.74, 6) is -0.321. The van der Waals surface area contributed by atoms with E-state index in [1.165, 1.54) is 12.7 Å². The van der Waals surface area contributed by atoms with Crippen molar-refractivity contribution < 1.29 is 9.53 Å². The average Bonchev–Trinajstić information content (AvgIpc) is 2.45. The molecule has 0 aromatic heterocycles. The molecule has 0 saturated carbocycles. The number of anilines is 1. The molecule has 2 aromatic rings. The number of rotatable bonds is 4. The van der Waals surface area contributed by atoms with Gasteiger partial charge in [-0.3, -0.25) is 0 Å². The highest BCUT2D eigenvalue weighted by atomic mass is 79.9. The van der Waals surface area contributed by atoms with Crippen molar-refractivity contribution in [3.05, 3.63) is 64.1 Å². The summed E-state index contributed by atoms with van der Waals surface area (Å²) in [4.78, 5) is 11.3. The number of carbonyl (C=O) groups excluding carboxylic acids is 1. The maximum atomic E-state index is 11.3. The predicted molar refractivity (Wildman–Crippen MR) is 79.3 cm³/mol. The third-order valence-corrected chi connectivity index (χ3v) is 3.18. The third kappa shape index (κ3) is 3.83. The van der Waals surface area contributed by atoms with Crippen LogP contribution in [-0.2, 0) is 11.3 Å². The van der Waals surface area contributed by atoms with E-state index in [2.05, 4.69) is 38.1 Å². The molecule has 4 heteroatoms. The molecule has 0 unspecified atom stereocenters. The number of carbonyl (C=O) groups is 1. The molecule has 0 fully saturated rings. The molecule has 0 radical (unpaired) electrons. The van der Waals surface area contributed by atoms with Gasteiger partial charge in [0.05, 0.1) is 12.7 Å². The van der Waals surface area contributed by atoms with Gasteiger partial charge in [-0.25, -0.2) is 4.79 Å². The first-order chi connectivity index (χ1) is 9.19. The number of ether oxygens (including phenoxy) is 1. The van der Waals surface area contributed by atoms with Crippen molar-refractivity contribution in [1.29, 1.82) is 0 Å². The van der Waals surface area contributed by atoms with Gasteiger partial charge >= 0.3 is 5.97 Å². The molecule has 2 aromatic carbocycles. The number of methoxy groups -OCH3 is 1. The number of benzene rings is 2. The third-order valence-electron chi connectivity index (χ3n) is 2.69. The van der Waals surface area contributed by atoms with Crippen molar-refractivity contribution in [2.45, 2.75) is 6.54 Å². The van der Waals surface area contributed by atoms with E-state index in [-0.39, 0.29) is 5.97 Å². The van der Waals surface area contributed by atoms with E-state index in [4.69, 9.17) is 0 Å². The standard InChI is InChI=1S/C15H14BrNO2/c1-19-15(18)12-5-7-14(8-6-12)17-10-11-3-2-4-13(16)9-11/h2-9,17H,10H2,1H3. The highest BCUT2D eigenvalue weighted by Gasteiger charge is 2.03. The van der Waals surface area contributed by atoms with E-state index in [1.807, 2.05) is 24.3 Å². The lowest BCUT2D eigenvalue weighted by Gasteiger charge is -2.07. The Balaban J connectivity index is 1.98. The minimum Gasteiger partial charge on any atom is -0.465 e. The van der Waals surface area contributed by atoms with E-state index in [0.717, 1.165) is 16.7 Å². The summed E-state index contributed by atoms with van der Waals surface area (Å²) in [5.41, 5.74) is 2.70. The monoisotopic (exact) mass is 319 g/mol. The van der Waals surface area contributed by atoms with Crippen LogP contribution in [0.4, 0.5) is 5.69 Å². The Labute approximate surface area is 120 Å². The molecule has 0 aliphatic rings. The minimum absolute atomic E-state index is 0.321. The second-order valence-corrected chi connectivity index (χ2v) is 4.97. The van der Waals surface area contributed by atoms with Crippen molar-refractivity contribution in [3.8, 4) is 0 Å². The smallest absolute Gasteiger partial charge is 0.337 e. The van der Waals surface area contributed by atoms with Crippen LogP contribution in [0.25, 0.3) is 0 Å². The highest BCUT2D eigenvalue weighted by molar-refractivity contribution is 9.10. The van der Waals surface area contributed by atoms with Gasteiger partial charge in [-0.1, -0.05) is 28.1 Å². The van der Waals surface area contributed by atoms with Gasteiger partial charge < -0.3 is 10.1 Å². The largest absolute Gasteiger partial charge is 0.465 e. The molecular weight excluding hydrogens is 306 g/mol. The van der Waals surface area contributed by atoms with Gasteiger partial charge in [0, 0.05) is 16.7 Å². The van der Waals surface area contributed by atoms with Crippen LogP contribution in [0.1, 0.15) is 15.9 Å². The first-order valence-electron chi connectivity index (χ1n) is 5.86. The zero-order valence-electron chi connectivity index (χ0n) is 10.5. The Morgan fingerprint density at radius 2 is 1.95 bits per heavy atom. The lowest BCUT2D eigenvalue weighted by atomic mass is 10.2. The van der Waals surface area contributed by atoms with Gasteiger partial charge in [0.2, 0.25) is 0 Å². The number of hydrogen-bond donors (Lipinski definition) is 1. The average molecular weight is 320 g/mol. The van der Waals surface area contributed by atoms with Gasteiger partial charge in [-0.2, -0.15) is 0 Å². The lowest BCUT2D eigenvalue weighted by molar-refractivity contribution is 0.0601. The molecule has 1 N–H and O–H groups in total. The maximum absolute atomic E-state index is 11.3. The normalized spacial score (nSPS) is 10.0. The SMILES string of the molecule is COC(=O)c1ccc(NCc2cccc(Br)c2)cc1. The quantitative estimate of drug-likeness (QED) is 0.870. The van der Waals surface area contributed by atoms with Crippen LogP contribution >= 0.6 is 15.9 Å². The van der Waals surface area contributed by atoms with Crippen LogP contribution < -0.4 is 5.32 Å². The van der Waals surface area contributed by atoms with Crippen molar-refractivity contribution in [2.24, 2.45) is 0 Å².